The van der Waals surface area contributed by atoms with E-state index in [1.54, 1.807) is 0 Å². The Balaban J connectivity index is 1.72. The highest BCUT2D eigenvalue weighted by Gasteiger charge is 2.23. The Kier molecular flexibility index (Phi) is 4.80. The van der Waals surface area contributed by atoms with Gasteiger partial charge in [-0.1, -0.05) is 13.3 Å². The van der Waals surface area contributed by atoms with Gasteiger partial charge in [0, 0.05) is 26.2 Å². The Bertz CT molecular complexity index is 244. The number of piperidine rings is 1. The van der Waals surface area contributed by atoms with E-state index in [0.29, 0.717) is 12.5 Å². The van der Waals surface area contributed by atoms with Crippen molar-refractivity contribution in [3.05, 3.63) is 0 Å². The second kappa shape index (κ2) is 6.36. The van der Waals surface area contributed by atoms with E-state index in [1.807, 2.05) is 4.90 Å². The van der Waals surface area contributed by atoms with Gasteiger partial charge >= 0.3 is 0 Å². The van der Waals surface area contributed by atoms with Crippen LogP contribution < -0.4 is 0 Å². The second-order valence-electron chi connectivity index (χ2n) is 5.12. The largest absolute Gasteiger partial charge is 0.379 e. The number of carbonyl (C=O) groups is 1. The first-order valence-corrected chi connectivity index (χ1v) is 6.87. The van der Waals surface area contributed by atoms with Gasteiger partial charge in [-0.05, 0) is 18.8 Å². The molecule has 2 aliphatic heterocycles. The van der Waals surface area contributed by atoms with Gasteiger partial charge in [0.15, 0.2) is 0 Å². The standard InChI is InChI=1S/C13H24N2O2/c1-2-12-3-5-15(6-4-12)13(16)11-14-7-9-17-10-8-14/h12H,2-11H2,1H3. The van der Waals surface area contributed by atoms with E-state index in [4.69, 9.17) is 4.74 Å². The van der Waals surface area contributed by atoms with E-state index in [1.165, 1.54) is 19.3 Å². The van der Waals surface area contributed by atoms with Gasteiger partial charge in [-0.3, -0.25) is 9.69 Å². The van der Waals surface area contributed by atoms with Gasteiger partial charge in [-0.2, -0.15) is 0 Å². The first kappa shape index (κ1) is 12.8. The molecular formula is C13H24N2O2. The third kappa shape index (κ3) is 3.68. The van der Waals surface area contributed by atoms with E-state index in [-0.39, 0.29) is 0 Å². The quantitative estimate of drug-likeness (QED) is 0.737. The predicted octanol–water partition coefficient (Wildman–Crippen LogP) is 0.967. The number of rotatable bonds is 3. The Morgan fingerprint density at radius 1 is 1.18 bits per heavy atom. The van der Waals surface area contributed by atoms with Gasteiger partial charge in [0.25, 0.3) is 0 Å². The highest BCUT2D eigenvalue weighted by Crippen LogP contribution is 2.19. The van der Waals surface area contributed by atoms with Crippen LogP contribution in [0.4, 0.5) is 0 Å². The van der Waals surface area contributed by atoms with Gasteiger partial charge in [-0.25, -0.2) is 0 Å². The fourth-order valence-electron chi connectivity index (χ4n) is 2.64. The maximum atomic E-state index is 12.1. The van der Waals surface area contributed by atoms with Crippen LogP contribution in [0.15, 0.2) is 0 Å². The minimum atomic E-state index is 0.307. The van der Waals surface area contributed by atoms with Gasteiger partial charge in [-0.15, -0.1) is 0 Å². The molecule has 0 saturated carbocycles. The molecule has 0 aromatic carbocycles. The van der Waals surface area contributed by atoms with E-state index < -0.39 is 0 Å². The van der Waals surface area contributed by atoms with Crippen LogP contribution in [0.2, 0.25) is 0 Å². The molecule has 2 rings (SSSR count). The summed E-state index contributed by atoms with van der Waals surface area (Å²) in [6.45, 7) is 8.09. The third-order valence-electron chi connectivity index (χ3n) is 4.01. The molecular weight excluding hydrogens is 216 g/mol. The molecule has 4 nitrogen and oxygen atoms in total. The van der Waals surface area contributed by atoms with E-state index in [2.05, 4.69) is 11.8 Å². The Morgan fingerprint density at radius 2 is 1.82 bits per heavy atom. The summed E-state index contributed by atoms with van der Waals surface area (Å²) >= 11 is 0. The number of likely N-dealkylation sites (tertiary alicyclic amines) is 1. The zero-order chi connectivity index (χ0) is 12.1. The minimum Gasteiger partial charge on any atom is -0.379 e. The monoisotopic (exact) mass is 240 g/mol. The molecule has 0 bridgehead atoms. The van der Waals surface area contributed by atoms with Crippen molar-refractivity contribution in [2.45, 2.75) is 26.2 Å². The van der Waals surface area contributed by atoms with Crippen molar-refractivity contribution < 1.29 is 9.53 Å². The molecule has 2 heterocycles. The minimum absolute atomic E-state index is 0.307. The molecule has 0 N–H and O–H groups in total. The average molecular weight is 240 g/mol. The Labute approximate surface area is 104 Å². The summed E-state index contributed by atoms with van der Waals surface area (Å²) in [6.07, 6.45) is 3.63. The lowest BCUT2D eigenvalue weighted by atomic mass is 9.94. The zero-order valence-electron chi connectivity index (χ0n) is 10.9. The summed E-state index contributed by atoms with van der Waals surface area (Å²) in [7, 11) is 0. The number of carbonyl (C=O) groups excluding carboxylic acids is 1. The summed E-state index contributed by atoms with van der Waals surface area (Å²) in [4.78, 5) is 16.4. The second-order valence-corrected chi connectivity index (χ2v) is 5.12. The maximum Gasteiger partial charge on any atom is 0.236 e. The number of nitrogens with zero attached hydrogens (tertiary/aromatic N) is 2. The van der Waals surface area contributed by atoms with Crippen molar-refractivity contribution in [1.29, 1.82) is 0 Å². The van der Waals surface area contributed by atoms with Crippen molar-refractivity contribution in [2.75, 3.05) is 45.9 Å². The highest BCUT2D eigenvalue weighted by atomic mass is 16.5. The molecule has 98 valence electrons. The number of amides is 1. The molecule has 2 aliphatic rings. The summed E-state index contributed by atoms with van der Waals surface area (Å²) < 4.78 is 5.29. The molecule has 1 amide bonds. The number of hydrogen-bond donors (Lipinski definition) is 0. The molecule has 0 aromatic heterocycles. The molecule has 0 spiro atoms. The summed E-state index contributed by atoms with van der Waals surface area (Å²) in [5.41, 5.74) is 0. The molecule has 0 aromatic rings. The summed E-state index contributed by atoms with van der Waals surface area (Å²) in [6, 6.07) is 0. The van der Waals surface area contributed by atoms with E-state index in [0.717, 1.165) is 45.3 Å². The first-order valence-electron chi connectivity index (χ1n) is 6.87. The number of hydrogen-bond acceptors (Lipinski definition) is 3. The Hall–Kier alpha value is -0.610. The topological polar surface area (TPSA) is 32.8 Å². The lowest BCUT2D eigenvalue weighted by molar-refractivity contribution is -0.134. The number of morpholine rings is 1. The molecule has 4 heteroatoms. The lowest BCUT2D eigenvalue weighted by Gasteiger charge is -2.34. The van der Waals surface area contributed by atoms with Crippen LogP contribution in [-0.4, -0.2) is 61.6 Å². The molecule has 2 saturated heterocycles. The van der Waals surface area contributed by atoms with Gasteiger partial charge in [0.2, 0.25) is 5.91 Å². The van der Waals surface area contributed by atoms with Crippen LogP contribution in [0.25, 0.3) is 0 Å². The van der Waals surface area contributed by atoms with Crippen molar-refractivity contribution in [1.82, 2.24) is 9.80 Å². The van der Waals surface area contributed by atoms with Crippen molar-refractivity contribution in [3.8, 4) is 0 Å². The number of ether oxygens (including phenoxy) is 1. The van der Waals surface area contributed by atoms with Crippen molar-refractivity contribution in [3.63, 3.8) is 0 Å². The Morgan fingerprint density at radius 3 is 2.41 bits per heavy atom. The molecule has 0 atom stereocenters. The van der Waals surface area contributed by atoms with E-state index >= 15 is 0 Å². The van der Waals surface area contributed by atoms with E-state index in [9.17, 15) is 4.79 Å². The molecule has 17 heavy (non-hydrogen) atoms. The van der Waals surface area contributed by atoms with Crippen LogP contribution in [-0.2, 0) is 9.53 Å². The fourth-order valence-corrected chi connectivity index (χ4v) is 2.64. The SMILES string of the molecule is CCC1CCN(C(=O)CN2CCOCC2)CC1. The molecule has 2 fully saturated rings. The average Bonchev–Trinajstić information content (AvgIpc) is 2.40. The van der Waals surface area contributed by atoms with Gasteiger partial charge in [0.1, 0.15) is 0 Å². The van der Waals surface area contributed by atoms with Crippen LogP contribution >= 0.6 is 0 Å². The summed E-state index contributed by atoms with van der Waals surface area (Å²) in [5, 5.41) is 0. The maximum absolute atomic E-state index is 12.1. The lowest BCUT2D eigenvalue weighted by Crippen LogP contribution is -2.47. The highest BCUT2D eigenvalue weighted by molar-refractivity contribution is 5.78. The van der Waals surface area contributed by atoms with Crippen LogP contribution in [0.1, 0.15) is 26.2 Å². The van der Waals surface area contributed by atoms with Crippen LogP contribution in [0.5, 0.6) is 0 Å². The molecule has 0 radical (unpaired) electrons. The zero-order valence-corrected chi connectivity index (χ0v) is 10.9. The van der Waals surface area contributed by atoms with Gasteiger partial charge < -0.3 is 9.64 Å². The smallest absolute Gasteiger partial charge is 0.236 e. The van der Waals surface area contributed by atoms with Crippen molar-refractivity contribution >= 4 is 5.91 Å². The molecule has 0 aliphatic carbocycles. The third-order valence-corrected chi connectivity index (χ3v) is 4.01. The van der Waals surface area contributed by atoms with Gasteiger partial charge in [0.05, 0.1) is 19.8 Å². The predicted molar refractivity (Wildman–Crippen MR) is 66.9 cm³/mol. The fraction of sp³-hybridized carbons (Fsp3) is 0.923. The van der Waals surface area contributed by atoms with Crippen LogP contribution in [0.3, 0.4) is 0 Å². The normalized spacial score (nSPS) is 23.9. The first-order chi connectivity index (χ1) is 8.29. The van der Waals surface area contributed by atoms with Crippen LogP contribution in [0, 0.1) is 5.92 Å². The van der Waals surface area contributed by atoms with Crippen molar-refractivity contribution in [2.24, 2.45) is 5.92 Å². The molecule has 0 unspecified atom stereocenters. The summed E-state index contributed by atoms with van der Waals surface area (Å²) in [5.74, 6) is 1.14.